The molecule has 1 aliphatic heterocycles. The third-order valence-electron chi connectivity index (χ3n) is 6.59. The Kier molecular flexibility index (Phi) is 8.11. The Balaban J connectivity index is 1.78. The second-order valence-corrected chi connectivity index (χ2v) is 11.2. The van der Waals surface area contributed by atoms with Crippen LogP contribution in [-0.4, -0.2) is 37.6 Å². The number of aryl methyl sites for hydroxylation is 1. The summed E-state index contributed by atoms with van der Waals surface area (Å²) in [4.78, 5) is 5.00. The zero-order valence-electron chi connectivity index (χ0n) is 21.2. The predicted octanol–water partition coefficient (Wildman–Crippen LogP) is 6.49. The number of alkyl halides is 6. The molecule has 0 aromatic heterocycles. The van der Waals surface area contributed by atoms with Gasteiger partial charge in [0.1, 0.15) is 5.82 Å². The van der Waals surface area contributed by atoms with Crippen LogP contribution >= 0.6 is 0 Å². The Morgan fingerprint density at radius 1 is 0.976 bits per heavy atom. The molecule has 0 bridgehead atoms. The molecular formula is C27H23F7N2O4S. The van der Waals surface area contributed by atoms with E-state index in [1.807, 2.05) is 0 Å². The Morgan fingerprint density at radius 2 is 1.59 bits per heavy atom. The second kappa shape index (κ2) is 11.0. The fraction of sp³-hybridized carbons (Fsp3) is 0.296. The van der Waals surface area contributed by atoms with Gasteiger partial charge in [-0.3, -0.25) is 4.31 Å². The number of rotatable bonds is 7. The van der Waals surface area contributed by atoms with E-state index in [-0.39, 0.29) is 35.4 Å². The first kappa shape index (κ1) is 30.3. The first-order valence-electron chi connectivity index (χ1n) is 12.1. The molecule has 0 saturated heterocycles. The van der Waals surface area contributed by atoms with E-state index < -0.39 is 45.4 Å². The number of aliphatic hydroxyl groups is 1. The van der Waals surface area contributed by atoms with Crippen molar-refractivity contribution in [2.45, 2.75) is 55.1 Å². The van der Waals surface area contributed by atoms with E-state index in [1.165, 1.54) is 0 Å². The first-order valence-corrected chi connectivity index (χ1v) is 13.5. The fourth-order valence-corrected chi connectivity index (χ4v) is 6.29. The molecule has 1 N–H and O–H groups in total. The molecule has 0 aliphatic carbocycles. The van der Waals surface area contributed by atoms with Crippen molar-refractivity contribution >= 4 is 21.4 Å². The first-order chi connectivity index (χ1) is 19.1. The van der Waals surface area contributed by atoms with Crippen LogP contribution in [0.1, 0.15) is 30.9 Å². The molecule has 0 amide bonds. The van der Waals surface area contributed by atoms with E-state index in [1.54, 1.807) is 37.3 Å². The summed E-state index contributed by atoms with van der Waals surface area (Å²) in [5.74, 6) is -0.310. The third kappa shape index (κ3) is 5.89. The number of hydrogen-bond donors (Lipinski definition) is 1. The van der Waals surface area contributed by atoms with Crippen LogP contribution in [-0.2, 0) is 22.0 Å². The van der Waals surface area contributed by atoms with Crippen molar-refractivity contribution in [3.05, 3.63) is 89.7 Å². The summed E-state index contributed by atoms with van der Waals surface area (Å²) < 4.78 is 123. The highest BCUT2D eigenvalue weighted by Gasteiger charge is 2.71. The number of sulfonamides is 1. The molecule has 1 aliphatic rings. The fourth-order valence-electron chi connectivity index (χ4n) is 4.57. The van der Waals surface area contributed by atoms with Gasteiger partial charge in [0.05, 0.1) is 22.3 Å². The van der Waals surface area contributed by atoms with E-state index in [0.29, 0.717) is 23.6 Å². The molecule has 220 valence electrons. The maximum absolute atomic E-state index is 13.8. The van der Waals surface area contributed by atoms with Crippen LogP contribution in [0, 0.1) is 5.82 Å². The minimum Gasteiger partial charge on any atom is -0.369 e. The summed E-state index contributed by atoms with van der Waals surface area (Å²) in [7, 11) is -4.50. The molecule has 6 nitrogen and oxygen atoms in total. The van der Waals surface area contributed by atoms with E-state index in [0.717, 1.165) is 34.6 Å². The molecule has 0 fully saturated rings. The quantitative estimate of drug-likeness (QED) is 0.190. The topological polar surface area (TPSA) is 79.2 Å². The Hall–Kier alpha value is -3.65. The molecule has 0 saturated carbocycles. The highest BCUT2D eigenvalue weighted by molar-refractivity contribution is 7.92. The molecule has 41 heavy (non-hydrogen) atoms. The number of nitrogens with zero attached hydrogens (tertiary/aromatic N) is 2. The molecule has 4 rings (SSSR count). The van der Waals surface area contributed by atoms with Crippen molar-refractivity contribution < 1.29 is 49.1 Å². The van der Waals surface area contributed by atoms with Crippen LogP contribution in [0.4, 0.5) is 36.4 Å². The lowest BCUT2D eigenvalue weighted by atomic mass is 9.87. The third-order valence-corrected chi connectivity index (χ3v) is 8.47. The Morgan fingerprint density at radius 3 is 2.17 bits per heavy atom. The van der Waals surface area contributed by atoms with Crippen molar-refractivity contribution in [3.8, 4) is 5.75 Å². The van der Waals surface area contributed by atoms with Gasteiger partial charge in [-0.2, -0.15) is 26.3 Å². The molecule has 1 unspecified atom stereocenters. The molecular weight excluding hydrogens is 581 g/mol. The average Bonchev–Trinajstić information content (AvgIpc) is 2.90. The van der Waals surface area contributed by atoms with Gasteiger partial charge in [-0.1, -0.05) is 35.5 Å². The number of fused-ring (bicyclic) bond motifs is 1. The average molecular weight is 605 g/mol. The van der Waals surface area contributed by atoms with E-state index in [4.69, 9.17) is 4.84 Å². The molecule has 3 aromatic carbocycles. The number of anilines is 1. The summed E-state index contributed by atoms with van der Waals surface area (Å²) in [6.45, 7) is 1.57. The maximum atomic E-state index is 13.8. The standard InChI is InChI=1S/C27H23F7N2O4S/c1-17(35-40-22-5-3-2-4-6-22)15-21-11-7-18-16-19(25(37,26(29,30)31)27(32,33)34)8-14-24(18)36(21)41(38,39)23-12-9-20(28)10-13-23/h2-6,8-10,12-14,16,21,37H,7,11,15H2,1H3/b35-17+. The summed E-state index contributed by atoms with van der Waals surface area (Å²) in [5, 5.41) is 13.9. The molecule has 0 radical (unpaired) electrons. The predicted molar refractivity (Wildman–Crippen MR) is 135 cm³/mol. The van der Waals surface area contributed by atoms with Gasteiger partial charge in [0.15, 0.2) is 5.75 Å². The molecule has 0 spiro atoms. The van der Waals surface area contributed by atoms with Gasteiger partial charge in [0.2, 0.25) is 0 Å². The van der Waals surface area contributed by atoms with Crippen molar-refractivity contribution in [2.24, 2.45) is 5.16 Å². The van der Waals surface area contributed by atoms with Gasteiger partial charge >= 0.3 is 12.4 Å². The van der Waals surface area contributed by atoms with E-state index >= 15 is 0 Å². The Bertz CT molecular complexity index is 1510. The van der Waals surface area contributed by atoms with Crippen molar-refractivity contribution in [2.75, 3.05) is 4.31 Å². The monoisotopic (exact) mass is 604 g/mol. The van der Waals surface area contributed by atoms with E-state index in [2.05, 4.69) is 5.16 Å². The summed E-state index contributed by atoms with van der Waals surface area (Å²) >= 11 is 0. The van der Waals surface area contributed by atoms with Crippen LogP contribution in [0.15, 0.2) is 82.8 Å². The second-order valence-electron chi connectivity index (χ2n) is 9.43. The Labute approximate surface area is 230 Å². The minimum atomic E-state index is -6.11. The van der Waals surface area contributed by atoms with Crippen LogP contribution in [0.5, 0.6) is 5.75 Å². The van der Waals surface area contributed by atoms with Crippen molar-refractivity contribution in [3.63, 3.8) is 0 Å². The van der Waals surface area contributed by atoms with Crippen LogP contribution < -0.4 is 9.14 Å². The largest absolute Gasteiger partial charge is 0.430 e. The van der Waals surface area contributed by atoms with Gasteiger partial charge in [0.25, 0.3) is 15.6 Å². The summed E-state index contributed by atoms with van der Waals surface area (Å²) in [5.41, 5.74) is -6.67. The maximum Gasteiger partial charge on any atom is 0.430 e. The number of oxime groups is 1. The van der Waals surface area contributed by atoms with Gasteiger partial charge < -0.3 is 9.94 Å². The van der Waals surface area contributed by atoms with Gasteiger partial charge in [-0.05, 0) is 67.8 Å². The van der Waals surface area contributed by atoms with E-state index in [9.17, 15) is 44.3 Å². The lowest BCUT2D eigenvalue weighted by molar-refractivity contribution is -0.376. The highest BCUT2D eigenvalue weighted by Crippen LogP contribution is 2.51. The van der Waals surface area contributed by atoms with Crippen molar-refractivity contribution in [1.29, 1.82) is 0 Å². The zero-order chi connectivity index (χ0) is 30.2. The lowest BCUT2D eigenvalue weighted by Crippen LogP contribution is -2.54. The molecule has 1 heterocycles. The van der Waals surface area contributed by atoms with Gasteiger partial charge in [0, 0.05) is 12.0 Å². The summed E-state index contributed by atoms with van der Waals surface area (Å²) in [6.07, 6.45) is -12.4. The summed E-state index contributed by atoms with van der Waals surface area (Å²) in [6, 6.07) is 13.1. The van der Waals surface area contributed by atoms with Crippen LogP contribution in [0.3, 0.4) is 0 Å². The van der Waals surface area contributed by atoms with Crippen LogP contribution in [0.2, 0.25) is 0 Å². The normalized spacial score (nSPS) is 16.9. The molecule has 3 aromatic rings. The molecule has 14 heteroatoms. The minimum absolute atomic E-state index is 0.0104. The number of halogens is 7. The van der Waals surface area contributed by atoms with Gasteiger partial charge in [-0.15, -0.1) is 0 Å². The lowest BCUT2D eigenvalue weighted by Gasteiger charge is -2.39. The molecule has 1 atom stereocenters. The zero-order valence-corrected chi connectivity index (χ0v) is 22.1. The van der Waals surface area contributed by atoms with Crippen molar-refractivity contribution in [1.82, 2.24) is 0 Å². The SMILES string of the molecule is C/C(CC1CCc2cc(C(O)(C(F)(F)F)C(F)(F)F)ccc2N1S(=O)(=O)c1ccc(F)cc1)=N\Oc1ccccc1. The van der Waals surface area contributed by atoms with Gasteiger partial charge in [-0.25, -0.2) is 12.8 Å². The smallest absolute Gasteiger partial charge is 0.369 e. The van der Waals surface area contributed by atoms with Crippen LogP contribution in [0.25, 0.3) is 0 Å². The number of hydrogen-bond acceptors (Lipinski definition) is 5. The number of benzene rings is 3. The highest BCUT2D eigenvalue weighted by atomic mass is 32.2. The number of para-hydroxylation sites is 1.